The number of unbranched alkanes of at least 4 members (excludes halogenated alkanes) is 2. The second kappa shape index (κ2) is 16.5. The zero-order valence-electron chi connectivity index (χ0n) is 19.4. The number of thioether (sulfide) groups is 1. The molecule has 1 aromatic carbocycles. The molecule has 2 heteroatoms. The van der Waals surface area contributed by atoms with Gasteiger partial charge >= 0.3 is 0 Å². The summed E-state index contributed by atoms with van der Waals surface area (Å²) in [6.07, 6.45) is 8.40. The first kappa shape index (κ1) is 26.6. The van der Waals surface area contributed by atoms with Crippen LogP contribution >= 0.6 is 11.8 Å². The first-order valence-corrected chi connectivity index (χ1v) is 11.9. The van der Waals surface area contributed by atoms with Crippen LogP contribution in [0, 0.1) is 5.92 Å². The van der Waals surface area contributed by atoms with Crippen LogP contribution in [0.3, 0.4) is 0 Å². The van der Waals surface area contributed by atoms with E-state index >= 15 is 0 Å². The molecule has 0 aromatic heterocycles. The molecule has 0 aliphatic rings. The number of hydrogen-bond donors (Lipinski definition) is 1. The molecule has 1 atom stereocenters. The second-order valence-electron chi connectivity index (χ2n) is 7.20. The summed E-state index contributed by atoms with van der Waals surface area (Å²) in [6, 6.07) is 8.92. The van der Waals surface area contributed by atoms with Gasteiger partial charge in [-0.05, 0) is 49.1 Å². The van der Waals surface area contributed by atoms with Crippen molar-refractivity contribution in [1.82, 2.24) is 5.32 Å². The van der Waals surface area contributed by atoms with Gasteiger partial charge in [-0.25, -0.2) is 0 Å². The highest BCUT2D eigenvalue weighted by atomic mass is 32.2. The largest absolute Gasteiger partial charge is 0.385 e. The van der Waals surface area contributed by atoms with Crippen LogP contribution in [0.4, 0.5) is 0 Å². The van der Waals surface area contributed by atoms with Crippen molar-refractivity contribution >= 4 is 16.7 Å². The normalized spacial score (nSPS) is 11.5. The first-order valence-electron chi connectivity index (χ1n) is 11.0. The van der Waals surface area contributed by atoms with Gasteiger partial charge in [0, 0.05) is 17.1 Å². The fourth-order valence-corrected chi connectivity index (χ4v) is 3.66. The van der Waals surface area contributed by atoms with Gasteiger partial charge in [-0.3, -0.25) is 0 Å². The maximum absolute atomic E-state index is 4.23. The minimum Gasteiger partial charge on any atom is -0.385 e. The third kappa shape index (κ3) is 10.8. The third-order valence-electron chi connectivity index (χ3n) is 4.54. The van der Waals surface area contributed by atoms with Crippen molar-refractivity contribution in [2.75, 3.05) is 0 Å². The molecule has 1 aromatic rings. The second-order valence-corrected chi connectivity index (χ2v) is 8.12. The van der Waals surface area contributed by atoms with E-state index in [9.17, 15) is 0 Å². The summed E-state index contributed by atoms with van der Waals surface area (Å²) < 4.78 is 0. The number of hydrogen-bond acceptors (Lipinski definition) is 2. The Balaban J connectivity index is 0.00000352. The van der Waals surface area contributed by atoms with E-state index in [-0.39, 0.29) is 0 Å². The topological polar surface area (TPSA) is 12.0 Å². The predicted molar refractivity (Wildman–Crippen MR) is 132 cm³/mol. The molecule has 0 fully saturated rings. The van der Waals surface area contributed by atoms with E-state index in [4.69, 9.17) is 0 Å². The predicted octanol–water partition coefficient (Wildman–Crippen LogP) is 8.94. The lowest BCUT2D eigenvalue weighted by atomic mass is 10.0. The van der Waals surface area contributed by atoms with Gasteiger partial charge in [-0.15, -0.1) is 0 Å². The van der Waals surface area contributed by atoms with Crippen LogP contribution in [-0.2, 0) is 6.54 Å². The van der Waals surface area contributed by atoms with Gasteiger partial charge in [0.05, 0.1) is 0 Å². The maximum atomic E-state index is 4.23. The highest BCUT2D eigenvalue weighted by molar-refractivity contribution is 8.10. The molecule has 1 nitrogen and oxygen atoms in total. The van der Waals surface area contributed by atoms with Crippen molar-refractivity contribution in [3.63, 3.8) is 0 Å². The number of allylic oxidation sites excluding steroid dienone is 3. The Bertz CT molecular complexity index is 591. The highest BCUT2D eigenvalue weighted by Crippen LogP contribution is 2.32. The smallest absolute Gasteiger partial charge is 0.0397 e. The van der Waals surface area contributed by atoms with Gasteiger partial charge in [-0.1, -0.05) is 108 Å². The molecule has 28 heavy (non-hydrogen) atoms. The average molecular weight is 402 g/mol. The summed E-state index contributed by atoms with van der Waals surface area (Å²) >= 11 is 1.81. The quantitative estimate of drug-likeness (QED) is 0.351. The maximum Gasteiger partial charge on any atom is 0.0397 e. The van der Waals surface area contributed by atoms with Gasteiger partial charge in [0.25, 0.3) is 0 Å². The summed E-state index contributed by atoms with van der Waals surface area (Å²) in [6.45, 7) is 20.1. The van der Waals surface area contributed by atoms with Gasteiger partial charge < -0.3 is 5.32 Å². The Morgan fingerprint density at radius 3 is 2.29 bits per heavy atom. The van der Waals surface area contributed by atoms with Crippen molar-refractivity contribution in [2.24, 2.45) is 5.92 Å². The van der Waals surface area contributed by atoms with E-state index in [2.05, 4.69) is 82.3 Å². The molecule has 0 saturated heterocycles. The monoisotopic (exact) mass is 401 g/mol. The first-order chi connectivity index (χ1) is 13.5. The molecule has 0 aliphatic heterocycles. The van der Waals surface area contributed by atoms with Crippen LogP contribution in [0.2, 0.25) is 0 Å². The van der Waals surface area contributed by atoms with Crippen LogP contribution in [0.15, 0.2) is 53.6 Å². The Labute approximate surface area is 179 Å². The van der Waals surface area contributed by atoms with Crippen LogP contribution < -0.4 is 5.32 Å². The van der Waals surface area contributed by atoms with Crippen LogP contribution in [-0.4, -0.2) is 0 Å². The average Bonchev–Trinajstić information content (AvgIpc) is 2.71. The Kier molecular flexibility index (Phi) is 15.7. The molecule has 158 valence electrons. The summed E-state index contributed by atoms with van der Waals surface area (Å²) in [4.78, 5) is 1.35. The molecular formula is C26H43NS. The highest BCUT2D eigenvalue weighted by Gasteiger charge is 2.07. The molecule has 0 bridgehead atoms. The number of nitrogens with one attached hydrogen (secondary N) is 1. The third-order valence-corrected chi connectivity index (χ3v) is 5.75. The standard InChI is InChI=1S/C24H37NS.C2H6/c1-7-9-11-12-20(5)21(6)25-18-22-13-15-23(16-14-22)24(19(3)4)26-17-10-8-2;1-2/h10,13-17,20,25H,6-9,11-12,18H2,1-5H3;1-2H3/b17-10-;. The van der Waals surface area contributed by atoms with E-state index < -0.39 is 0 Å². The fraction of sp³-hybridized carbons (Fsp3) is 0.538. The zero-order chi connectivity index (χ0) is 21.4. The molecule has 0 aliphatic carbocycles. The minimum atomic E-state index is 0.542. The summed E-state index contributed by atoms with van der Waals surface area (Å²) in [5, 5.41) is 5.71. The molecule has 0 spiro atoms. The van der Waals surface area contributed by atoms with Gasteiger partial charge in [0.2, 0.25) is 0 Å². The summed E-state index contributed by atoms with van der Waals surface area (Å²) in [5.74, 6) is 0.542. The number of rotatable bonds is 12. The summed E-state index contributed by atoms with van der Waals surface area (Å²) in [5.41, 5.74) is 5.12. The fourth-order valence-electron chi connectivity index (χ4n) is 2.73. The van der Waals surface area contributed by atoms with E-state index in [1.165, 1.54) is 47.3 Å². The molecule has 1 N–H and O–H groups in total. The molecule has 0 amide bonds. The lowest BCUT2D eigenvalue weighted by molar-refractivity contribution is 0.522. The SMILES string of the molecule is C=C(NCc1ccc(C(S/C=C\CC)=C(C)C)cc1)C(C)CCCCC.CC. The van der Waals surface area contributed by atoms with E-state index in [1.54, 1.807) is 0 Å². The van der Waals surface area contributed by atoms with Crippen LogP contribution in [0.1, 0.15) is 91.7 Å². The Morgan fingerprint density at radius 1 is 1.11 bits per heavy atom. The van der Waals surface area contributed by atoms with Crippen LogP contribution in [0.25, 0.3) is 4.91 Å². The van der Waals surface area contributed by atoms with Crippen LogP contribution in [0.5, 0.6) is 0 Å². The molecule has 0 radical (unpaired) electrons. The molecule has 0 heterocycles. The van der Waals surface area contributed by atoms with Crippen molar-refractivity contribution in [2.45, 2.75) is 87.1 Å². The number of benzene rings is 1. The Morgan fingerprint density at radius 2 is 1.75 bits per heavy atom. The Hall–Kier alpha value is -1.41. The lowest BCUT2D eigenvalue weighted by Gasteiger charge is -2.17. The van der Waals surface area contributed by atoms with Gasteiger partial charge in [0.15, 0.2) is 0 Å². The van der Waals surface area contributed by atoms with Crippen molar-refractivity contribution in [1.29, 1.82) is 0 Å². The van der Waals surface area contributed by atoms with E-state index in [0.717, 1.165) is 18.7 Å². The van der Waals surface area contributed by atoms with Crippen molar-refractivity contribution in [3.05, 3.63) is 64.7 Å². The minimum absolute atomic E-state index is 0.542. The van der Waals surface area contributed by atoms with Crippen molar-refractivity contribution < 1.29 is 0 Å². The van der Waals surface area contributed by atoms with Crippen molar-refractivity contribution in [3.8, 4) is 0 Å². The lowest BCUT2D eigenvalue weighted by Crippen LogP contribution is -2.17. The van der Waals surface area contributed by atoms with E-state index in [1.807, 2.05) is 25.6 Å². The van der Waals surface area contributed by atoms with Gasteiger partial charge in [-0.2, -0.15) is 0 Å². The summed E-state index contributed by atoms with van der Waals surface area (Å²) in [7, 11) is 0. The molecule has 1 rings (SSSR count). The zero-order valence-corrected chi connectivity index (χ0v) is 20.2. The molecule has 1 unspecified atom stereocenters. The van der Waals surface area contributed by atoms with Gasteiger partial charge in [0.1, 0.15) is 0 Å². The van der Waals surface area contributed by atoms with E-state index in [0.29, 0.717) is 5.92 Å². The molecule has 0 saturated carbocycles. The molecular weight excluding hydrogens is 358 g/mol.